The van der Waals surface area contributed by atoms with E-state index >= 15 is 0 Å². The molecule has 0 spiro atoms. The third-order valence-electron chi connectivity index (χ3n) is 2.81. The molecule has 96 valence electrons. The number of hydrogen-bond donors (Lipinski definition) is 1. The van der Waals surface area contributed by atoms with Crippen LogP contribution in [0.4, 0.5) is 5.69 Å². The van der Waals surface area contributed by atoms with Gasteiger partial charge in [0.25, 0.3) is 0 Å². The van der Waals surface area contributed by atoms with Gasteiger partial charge in [0.2, 0.25) is 0 Å². The lowest BCUT2D eigenvalue weighted by molar-refractivity contribution is 0.993. The van der Waals surface area contributed by atoms with Crippen LogP contribution in [0, 0.1) is 3.57 Å². The first kappa shape index (κ1) is 13.1. The van der Waals surface area contributed by atoms with E-state index in [1.165, 1.54) is 13.3 Å². The Morgan fingerprint density at radius 2 is 1.42 bits per heavy atom. The molecule has 19 heavy (non-hydrogen) atoms. The van der Waals surface area contributed by atoms with Gasteiger partial charge in [-0.05, 0) is 69.7 Å². The largest absolute Gasteiger partial charge is 0.373 e. The lowest BCUT2D eigenvalue weighted by Crippen LogP contribution is -2.09. The molecule has 2 aromatic heterocycles. The number of thiophene rings is 2. The predicted molar refractivity (Wildman–Crippen MR) is 93.3 cm³/mol. The summed E-state index contributed by atoms with van der Waals surface area (Å²) >= 11 is 5.92. The third kappa shape index (κ3) is 3.19. The molecule has 0 aliphatic carbocycles. The van der Waals surface area contributed by atoms with E-state index in [9.17, 15) is 0 Å². The summed E-state index contributed by atoms with van der Waals surface area (Å²) in [4.78, 5) is 2.70. The van der Waals surface area contributed by atoms with E-state index in [2.05, 4.69) is 87.2 Å². The van der Waals surface area contributed by atoms with Gasteiger partial charge in [-0.15, -0.1) is 22.7 Å². The van der Waals surface area contributed by atoms with Crippen molar-refractivity contribution in [3.63, 3.8) is 0 Å². The lowest BCUT2D eigenvalue weighted by atomic mass is 10.2. The molecule has 0 fully saturated rings. The van der Waals surface area contributed by atoms with E-state index in [0.29, 0.717) is 0 Å². The average Bonchev–Trinajstić information content (AvgIpc) is 3.11. The van der Waals surface area contributed by atoms with Crippen LogP contribution in [0.3, 0.4) is 0 Å². The van der Waals surface area contributed by atoms with Crippen LogP contribution in [0.15, 0.2) is 59.3 Å². The number of rotatable bonds is 4. The fraction of sp³-hybridized carbons (Fsp3) is 0.0667. The normalized spacial score (nSPS) is 10.8. The maximum absolute atomic E-state index is 3.63. The third-order valence-corrected chi connectivity index (χ3v) is 5.40. The van der Waals surface area contributed by atoms with Gasteiger partial charge >= 0.3 is 0 Å². The van der Waals surface area contributed by atoms with E-state index in [4.69, 9.17) is 0 Å². The Balaban J connectivity index is 1.90. The van der Waals surface area contributed by atoms with Gasteiger partial charge in [-0.25, -0.2) is 0 Å². The fourth-order valence-corrected chi connectivity index (χ4v) is 3.93. The SMILES string of the molecule is Ic1ccc(NC(c2cccs2)c2cccs2)cc1. The number of hydrogen-bond acceptors (Lipinski definition) is 3. The minimum Gasteiger partial charge on any atom is -0.373 e. The summed E-state index contributed by atoms with van der Waals surface area (Å²) in [5.41, 5.74) is 1.16. The molecule has 0 unspecified atom stereocenters. The van der Waals surface area contributed by atoms with Gasteiger partial charge in [0, 0.05) is 19.0 Å². The minimum absolute atomic E-state index is 0.250. The van der Waals surface area contributed by atoms with E-state index in [1.54, 1.807) is 22.7 Å². The molecular weight excluding hydrogens is 385 g/mol. The topological polar surface area (TPSA) is 12.0 Å². The van der Waals surface area contributed by atoms with Crippen LogP contribution in [0.2, 0.25) is 0 Å². The molecule has 0 atom stereocenters. The van der Waals surface area contributed by atoms with Crippen molar-refractivity contribution >= 4 is 51.0 Å². The van der Waals surface area contributed by atoms with Crippen LogP contribution in [-0.4, -0.2) is 0 Å². The van der Waals surface area contributed by atoms with Gasteiger partial charge in [-0.2, -0.15) is 0 Å². The van der Waals surface area contributed by atoms with Crippen molar-refractivity contribution in [1.82, 2.24) is 0 Å². The Hall–Kier alpha value is -0.850. The molecule has 2 heterocycles. The Morgan fingerprint density at radius 1 is 0.842 bits per heavy atom. The average molecular weight is 397 g/mol. The number of nitrogens with one attached hydrogen (secondary N) is 1. The number of halogens is 1. The molecule has 0 amide bonds. The van der Waals surface area contributed by atoms with Crippen LogP contribution >= 0.6 is 45.3 Å². The van der Waals surface area contributed by atoms with Crippen LogP contribution < -0.4 is 5.32 Å². The number of anilines is 1. The van der Waals surface area contributed by atoms with E-state index in [0.717, 1.165) is 5.69 Å². The molecule has 1 aromatic carbocycles. The monoisotopic (exact) mass is 397 g/mol. The quantitative estimate of drug-likeness (QED) is 0.564. The molecular formula is C15H12INS2. The highest BCUT2D eigenvalue weighted by molar-refractivity contribution is 14.1. The molecule has 0 saturated carbocycles. The first-order valence-electron chi connectivity index (χ1n) is 5.92. The second-order valence-electron chi connectivity index (χ2n) is 4.12. The zero-order chi connectivity index (χ0) is 13.1. The van der Waals surface area contributed by atoms with Crippen molar-refractivity contribution in [3.8, 4) is 0 Å². The van der Waals surface area contributed by atoms with Gasteiger partial charge in [0.15, 0.2) is 0 Å². The van der Waals surface area contributed by atoms with Crippen LogP contribution in [0.25, 0.3) is 0 Å². The maximum atomic E-state index is 3.63. The molecule has 0 radical (unpaired) electrons. The second-order valence-corrected chi connectivity index (χ2v) is 7.32. The van der Waals surface area contributed by atoms with E-state index in [1.807, 2.05) is 0 Å². The van der Waals surface area contributed by atoms with Gasteiger partial charge in [0.05, 0.1) is 6.04 Å². The minimum atomic E-state index is 0.250. The Kier molecular flexibility index (Phi) is 4.20. The van der Waals surface area contributed by atoms with Crippen LogP contribution in [0.1, 0.15) is 15.8 Å². The molecule has 0 saturated heterocycles. The standard InChI is InChI=1S/C15H12INS2/c16-11-5-7-12(8-6-11)17-15(13-3-1-9-18-13)14-4-2-10-19-14/h1-10,15,17H. The first-order chi connectivity index (χ1) is 9.33. The summed E-state index contributed by atoms with van der Waals surface area (Å²) in [5, 5.41) is 7.89. The van der Waals surface area contributed by atoms with Gasteiger partial charge in [-0.1, -0.05) is 12.1 Å². The highest BCUT2D eigenvalue weighted by Crippen LogP contribution is 2.32. The van der Waals surface area contributed by atoms with Gasteiger partial charge in [0.1, 0.15) is 0 Å². The summed E-state index contributed by atoms with van der Waals surface area (Å²) in [6.07, 6.45) is 0. The maximum Gasteiger partial charge on any atom is 0.0953 e. The van der Waals surface area contributed by atoms with Crippen molar-refractivity contribution in [2.75, 3.05) is 5.32 Å². The van der Waals surface area contributed by atoms with E-state index in [-0.39, 0.29) is 6.04 Å². The predicted octanol–water partition coefficient (Wildman–Crippen LogP) is 5.62. The summed E-state index contributed by atoms with van der Waals surface area (Å²) < 4.78 is 1.26. The molecule has 1 N–H and O–H groups in total. The van der Waals surface area contributed by atoms with Crippen LogP contribution in [0.5, 0.6) is 0 Å². The summed E-state index contributed by atoms with van der Waals surface area (Å²) in [7, 11) is 0. The van der Waals surface area contributed by atoms with Crippen LogP contribution in [-0.2, 0) is 0 Å². The van der Waals surface area contributed by atoms with Crippen molar-refractivity contribution < 1.29 is 0 Å². The Morgan fingerprint density at radius 3 is 1.89 bits per heavy atom. The summed E-state index contributed by atoms with van der Waals surface area (Å²) in [6.45, 7) is 0. The molecule has 3 aromatic rings. The molecule has 4 heteroatoms. The lowest BCUT2D eigenvalue weighted by Gasteiger charge is -2.17. The van der Waals surface area contributed by atoms with Gasteiger partial charge in [-0.3, -0.25) is 0 Å². The van der Waals surface area contributed by atoms with Crippen molar-refractivity contribution in [2.24, 2.45) is 0 Å². The highest BCUT2D eigenvalue weighted by atomic mass is 127. The zero-order valence-corrected chi connectivity index (χ0v) is 13.8. The van der Waals surface area contributed by atoms with Crippen molar-refractivity contribution in [2.45, 2.75) is 6.04 Å². The van der Waals surface area contributed by atoms with E-state index < -0.39 is 0 Å². The zero-order valence-electron chi connectivity index (χ0n) is 10.0. The molecule has 3 rings (SSSR count). The fourth-order valence-electron chi connectivity index (χ4n) is 1.91. The molecule has 0 aliphatic heterocycles. The smallest absolute Gasteiger partial charge is 0.0953 e. The van der Waals surface area contributed by atoms with Gasteiger partial charge < -0.3 is 5.32 Å². The summed E-state index contributed by atoms with van der Waals surface area (Å²) in [5.74, 6) is 0. The first-order valence-corrected chi connectivity index (χ1v) is 8.75. The molecule has 1 nitrogen and oxygen atoms in total. The second kappa shape index (κ2) is 6.07. The highest BCUT2D eigenvalue weighted by Gasteiger charge is 2.15. The Bertz CT molecular complexity index is 580. The summed E-state index contributed by atoms with van der Waals surface area (Å²) in [6, 6.07) is 17.4. The molecule has 0 bridgehead atoms. The number of benzene rings is 1. The molecule has 0 aliphatic rings. The van der Waals surface area contributed by atoms with Crippen molar-refractivity contribution in [1.29, 1.82) is 0 Å². The van der Waals surface area contributed by atoms with Crippen molar-refractivity contribution in [3.05, 3.63) is 72.6 Å². The Labute approximate surface area is 134 Å².